The number of rotatable bonds is 6. The van der Waals surface area contributed by atoms with Gasteiger partial charge in [0.15, 0.2) is 0 Å². The van der Waals surface area contributed by atoms with Crippen LogP contribution in [-0.2, 0) is 9.53 Å². The van der Waals surface area contributed by atoms with Crippen molar-refractivity contribution >= 4 is 17.6 Å². The van der Waals surface area contributed by atoms with Gasteiger partial charge in [-0.2, -0.15) is 0 Å². The summed E-state index contributed by atoms with van der Waals surface area (Å²) in [6.45, 7) is 2.05. The zero-order chi connectivity index (χ0) is 10.3. The second-order valence-corrected chi connectivity index (χ2v) is 3.70. The number of methoxy groups -OCH3 is 1. The highest BCUT2D eigenvalue weighted by atomic mass is 35.5. The molecule has 4 heteroatoms. The minimum atomic E-state index is -0.170. The van der Waals surface area contributed by atoms with Crippen LogP contribution in [0.15, 0.2) is 0 Å². The smallest absolute Gasteiger partial charge is 0.305 e. The summed E-state index contributed by atoms with van der Waals surface area (Å²) in [5.74, 6) is 0.425. The molecule has 0 aromatic rings. The van der Waals surface area contributed by atoms with Crippen LogP contribution in [0, 0.1) is 0 Å². The number of alkyl halides is 1. The van der Waals surface area contributed by atoms with Crippen LogP contribution in [0.3, 0.4) is 0 Å². The first-order valence-corrected chi connectivity index (χ1v) is 4.93. The third-order valence-electron chi connectivity index (χ3n) is 2.36. The monoisotopic (exact) mass is 207 g/mol. The van der Waals surface area contributed by atoms with Gasteiger partial charge in [-0.3, -0.25) is 4.79 Å². The summed E-state index contributed by atoms with van der Waals surface area (Å²) in [7, 11) is 3.28. The van der Waals surface area contributed by atoms with Crippen LogP contribution < -0.4 is 5.32 Å². The van der Waals surface area contributed by atoms with Crippen molar-refractivity contribution < 1.29 is 9.53 Å². The highest BCUT2D eigenvalue weighted by Gasteiger charge is 2.22. The van der Waals surface area contributed by atoms with Gasteiger partial charge in [-0.25, -0.2) is 0 Å². The van der Waals surface area contributed by atoms with Crippen molar-refractivity contribution in [2.24, 2.45) is 0 Å². The Hall–Kier alpha value is -0.280. The van der Waals surface area contributed by atoms with Gasteiger partial charge in [0.25, 0.3) is 0 Å². The Morgan fingerprint density at radius 2 is 2.15 bits per heavy atom. The van der Waals surface area contributed by atoms with Gasteiger partial charge < -0.3 is 10.1 Å². The molecule has 0 amide bonds. The number of hydrogen-bond donors (Lipinski definition) is 1. The topological polar surface area (TPSA) is 38.3 Å². The predicted molar refractivity (Wildman–Crippen MR) is 54.1 cm³/mol. The van der Waals surface area contributed by atoms with Gasteiger partial charge in [-0.15, -0.1) is 11.6 Å². The fraction of sp³-hybridized carbons (Fsp3) is 0.889. The van der Waals surface area contributed by atoms with Crippen molar-refractivity contribution in [3.8, 4) is 0 Å². The van der Waals surface area contributed by atoms with Crippen molar-refractivity contribution in [2.75, 3.05) is 20.0 Å². The second kappa shape index (κ2) is 6.22. The Bertz CT molecular complexity index is 164. The average Bonchev–Trinajstić information content (AvgIpc) is 2.15. The Kier molecular flexibility index (Phi) is 6.08. The summed E-state index contributed by atoms with van der Waals surface area (Å²) in [5.41, 5.74) is -0.0596. The molecule has 3 nitrogen and oxygen atoms in total. The molecule has 1 N–H and O–H groups in total. The molecule has 0 aliphatic rings. The minimum absolute atomic E-state index is 0.0596. The van der Waals surface area contributed by atoms with E-state index in [0.29, 0.717) is 12.3 Å². The second-order valence-electron chi connectivity index (χ2n) is 3.33. The molecule has 0 fully saturated rings. The van der Waals surface area contributed by atoms with E-state index < -0.39 is 0 Å². The van der Waals surface area contributed by atoms with Crippen LogP contribution in [0.1, 0.15) is 26.2 Å². The quantitative estimate of drug-likeness (QED) is 0.531. The molecule has 0 aliphatic carbocycles. The number of hydrogen-bond acceptors (Lipinski definition) is 3. The van der Waals surface area contributed by atoms with Gasteiger partial charge >= 0.3 is 5.97 Å². The number of carbonyl (C=O) groups excluding carboxylic acids is 1. The molecule has 0 aromatic heterocycles. The fourth-order valence-corrected chi connectivity index (χ4v) is 1.48. The maximum atomic E-state index is 10.9. The van der Waals surface area contributed by atoms with Crippen LogP contribution in [0.4, 0.5) is 0 Å². The summed E-state index contributed by atoms with van der Waals surface area (Å²) in [6, 6.07) is 0. The molecular formula is C9H18ClNO2. The van der Waals surface area contributed by atoms with Gasteiger partial charge in [-0.1, -0.05) is 0 Å². The van der Waals surface area contributed by atoms with E-state index in [1.165, 1.54) is 7.11 Å². The first-order chi connectivity index (χ1) is 6.08. The molecule has 0 saturated carbocycles. The summed E-state index contributed by atoms with van der Waals surface area (Å²) >= 11 is 5.66. The van der Waals surface area contributed by atoms with Crippen molar-refractivity contribution in [1.29, 1.82) is 0 Å². The molecule has 0 rings (SSSR count). The molecule has 0 spiro atoms. The standard InChI is InChI=1S/C9H18ClNO2/c1-9(11-2,6-7-10)5-4-8(12)13-3/h11H,4-7H2,1-3H3. The predicted octanol–water partition coefficient (Wildman–Crippen LogP) is 1.55. The molecular weight excluding hydrogens is 190 g/mol. The number of carbonyl (C=O) groups is 1. The van der Waals surface area contributed by atoms with Crippen LogP contribution >= 0.6 is 11.6 Å². The van der Waals surface area contributed by atoms with Gasteiger partial charge in [0.1, 0.15) is 0 Å². The van der Waals surface area contributed by atoms with E-state index in [2.05, 4.69) is 17.0 Å². The maximum Gasteiger partial charge on any atom is 0.305 e. The molecule has 0 heterocycles. The van der Waals surface area contributed by atoms with Crippen molar-refractivity contribution in [1.82, 2.24) is 5.32 Å². The molecule has 1 unspecified atom stereocenters. The van der Waals surface area contributed by atoms with Gasteiger partial charge in [0.2, 0.25) is 0 Å². The van der Waals surface area contributed by atoms with Crippen molar-refractivity contribution in [2.45, 2.75) is 31.7 Å². The first-order valence-electron chi connectivity index (χ1n) is 4.39. The van der Waals surface area contributed by atoms with E-state index in [1.54, 1.807) is 0 Å². The maximum absolute atomic E-state index is 10.9. The van der Waals surface area contributed by atoms with Gasteiger partial charge in [-0.05, 0) is 26.8 Å². The zero-order valence-corrected chi connectivity index (χ0v) is 9.28. The van der Waals surface area contributed by atoms with Gasteiger partial charge in [0.05, 0.1) is 7.11 Å². The lowest BCUT2D eigenvalue weighted by Gasteiger charge is -2.27. The number of ether oxygens (including phenoxy) is 1. The number of nitrogens with one attached hydrogen (secondary N) is 1. The lowest BCUT2D eigenvalue weighted by molar-refractivity contribution is -0.141. The summed E-state index contributed by atoms with van der Waals surface area (Å²) in [4.78, 5) is 10.9. The third kappa shape index (κ3) is 5.11. The van der Waals surface area contributed by atoms with Crippen LogP contribution in [-0.4, -0.2) is 31.5 Å². The zero-order valence-electron chi connectivity index (χ0n) is 8.52. The number of esters is 1. The molecule has 0 bridgehead atoms. The van der Waals surface area contributed by atoms with E-state index in [1.807, 2.05) is 7.05 Å². The summed E-state index contributed by atoms with van der Waals surface area (Å²) in [5, 5.41) is 3.17. The van der Waals surface area contributed by atoms with Crippen LogP contribution in [0.5, 0.6) is 0 Å². The molecule has 1 atom stereocenters. The molecule has 0 aromatic carbocycles. The highest BCUT2D eigenvalue weighted by molar-refractivity contribution is 6.17. The van der Waals surface area contributed by atoms with Crippen molar-refractivity contribution in [3.05, 3.63) is 0 Å². The largest absolute Gasteiger partial charge is 0.469 e. The average molecular weight is 208 g/mol. The third-order valence-corrected chi connectivity index (χ3v) is 2.55. The molecule has 0 saturated heterocycles. The Balaban J connectivity index is 3.89. The Morgan fingerprint density at radius 1 is 1.54 bits per heavy atom. The van der Waals surface area contributed by atoms with E-state index in [0.717, 1.165) is 12.8 Å². The van der Waals surface area contributed by atoms with Gasteiger partial charge in [0, 0.05) is 17.8 Å². The Labute approximate surface area is 84.8 Å². The first kappa shape index (κ1) is 12.7. The lowest BCUT2D eigenvalue weighted by atomic mass is 9.93. The van der Waals surface area contributed by atoms with E-state index in [4.69, 9.17) is 11.6 Å². The van der Waals surface area contributed by atoms with E-state index in [-0.39, 0.29) is 11.5 Å². The molecule has 0 radical (unpaired) electrons. The van der Waals surface area contributed by atoms with Crippen LogP contribution in [0.25, 0.3) is 0 Å². The Morgan fingerprint density at radius 3 is 2.54 bits per heavy atom. The normalized spacial score (nSPS) is 15.1. The lowest BCUT2D eigenvalue weighted by Crippen LogP contribution is -2.40. The fourth-order valence-electron chi connectivity index (χ4n) is 1.06. The van der Waals surface area contributed by atoms with E-state index >= 15 is 0 Å². The van der Waals surface area contributed by atoms with Crippen molar-refractivity contribution in [3.63, 3.8) is 0 Å². The summed E-state index contributed by atoms with van der Waals surface area (Å²) in [6.07, 6.45) is 2.04. The van der Waals surface area contributed by atoms with Crippen LogP contribution in [0.2, 0.25) is 0 Å². The molecule has 0 aliphatic heterocycles. The highest BCUT2D eigenvalue weighted by Crippen LogP contribution is 2.17. The van der Waals surface area contributed by atoms with E-state index in [9.17, 15) is 4.79 Å². The SMILES string of the molecule is CNC(C)(CCCl)CCC(=O)OC. The molecule has 13 heavy (non-hydrogen) atoms. The molecule has 78 valence electrons. The summed E-state index contributed by atoms with van der Waals surface area (Å²) < 4.78 is 4.57. The number of halogens is 1. The minimum Gasteiger partial charge on any atom is -0.469 e.